The highest BCUT2D eigenvalue weighted by Gasteiger charge is 2.16. The minimum absolute atomic E-state index is 0.0786. The Balaban J connectivity index is 1.88. The van der Waals surface area contributed by atoms with Gasteiger partial charge in [-0.05, 0) is 59.4 Å². The van der Waals surface area contributed by atoms with Gasteiger partial charge in [-0.25, -0.2) is 0 Å². The lowest BCUT2D eigenvalue weighted by Crippen LogP contribution is -2.35. The fraction of sp³-hybridized carbons (Fsp3) is 0.562. The van der Waals surface area contributed by atoms with Gasteiger partial charge in [-0.15, -0.1) is 0 Å². The first-order valence-electron chi connectivity index (χ1n) is 7.60. The number of carbonyl (C=O) groups is 1. The molecular weight excluding hydrogens is 332 g/mol. The average Bonchev–Trinajstić information content (AvgIpc) is 2.75. The first-order chi connectivity index (χ1) is 10.2. The van der Waals surface area contributed by atoms with Gasteiger partial charge >= 0.3 is 0 Å². The monoisotopic (exact) mass is 354 g/mol. The van der Waals surface area contributed by atoms with E-state index in [1.165, 1.54) is 12.8 Å². The minimum Gasteiger partial charge on any atom is -0.483 e. The van der Waals surface area contributed by atoms with E-state index in [2.05, 4.69) is 15.9 Å². The lowest BCUT2D eigenvalue weighted by Gasteiger charge is -2.20. The van der Waals surface area contributed by atoms with Crippen molar-refractivity contribution in [1.82, 2.24) is 4.90 Å². The SMILES string of the molecule is NCCc1ccc(OCC(=O)N2CCCCCC2)c(Br)c1. The van der Waals surface area contributed by atoms with Crippen molar-refractivity contribution in [3.8, 4) is 5.75 Å². The molecule has 0 bridgehead atoms. The van der Waals surface area contributed by atoms with Gasteiger partial charge in [0.1, 0.15) is 5.75 Å². The van der Waals surface area contributed by atoms with Crippen molar-refractivity contribution in [3.63, 3.8) is 0 Å². The number of hydrogen-bond donors (Lipinski definition) is 1. The molecule has 21 heavy (non-hydrogen) atoms. The maximum Gasteiger partial charge on any atom is 0.260 e. The van der Waals surface area contributed by atoms with Gasteiger partial charge in [0.2, 0.25) is 0 Å². The standard InChI is InChI=1S/C16H23BrN2O2/c17-14-11-13(7-8-18)5-6-15(14)21-12-16(20)19-9-3-1-2-4-10-19/h5-6,11H,1-4,7-10,12,18H2. The largest absolute Gasteiger partial charge is 0.483 e. The molecule has 0 radical (unpaired) electrons. The first-order valence-corrected chi connectivity index (χ1v) is 8.39. The van der Waals surface area contributed by atoms with Crippen LogP contribution in [0.25, 0.3) is 0 Å². The lowest BCUT2D eigenvalue weighted by molar-refractivity contribution is -0.133. The highest BCUT2D eigenvalue weighted by atomic mass is 79.9. The Morgan fingerprint density at radius 3 is 2.57 bits per heavy atom. The number of halogens is 1. The highest BCUT2D eigenvalue weighted by molar-refractivity contribution is 9.10. The summed E-state index contributed by atoms with van der Waals surface area (Å²) >= 11 is 3.49. The van der Waals surface area contributed by atoms with Gasteiger partial charge < -0.3 is 15.4 Å². The maximum atomic E-state index is 12.2. The van der Waals surface area contributed by atoms with E-state index in [9.17, 15) is 4.79 Å². The molecule has 0 atom stereocenters. The third-order valence-corrected chi connectivity index (χ3v) is 4.36. The molecule has 116 valence electrons. The van der Waals surface area contributed by atoms with Crippen LogP contribution in [0.3, 0.4) is 0 Å². The molecule has 0 unspecified atom stereocenters. The Morgan fingerprint density at radius 2 is 1.95 bits per heavy atom. The summed E-state index contributed by atoms with van der Waals surface area (Å²) < 4.78 is 6.53. The number of amides is 1. The van der Waals surface area contributed by atoms with Crippen molar-refractivity contribution in [2.45, 2.75) is 32.1 Å². The zero-order valence-electron chi connectivity index (χ0n) is 12.3. The number of carbonyl (C=O) groups excluding carboxylic acids is 1. The van der Waals surface area contributed by atoms with E-state index in [0.29, 0.717) is 12.3 Å². The van der Waals surface area contributed by atoms with Crippen LogP contribution in [-0.4, -0.2) is 37.0 Å². The molecule has 1 aliphatic rings. The molecular formula is C16H23BrN2O2. The van der Waals surface area contributed by atoms with Crippen molar-refractivity contribution in [2.24, 2.45) is 5.73 Å². The van der Waals surface area contributed by atoms with Crippen LogP contribution < -0.4 is 10.5 Å². The summed E-state index contributed by atoms with van der Waals surface area (Å²) in [5, 5.41) is 0. The molecule has 0 spiro atoms. The van der Waals surface area contributed by atoms with Crippen LogP contribution in [0.15, 0.2) is 22.7 Å². The second-order valence-corrected chi connectivity index (χ2v) is 6.24. The van der Waals surface area contributed by atoms with Gasteiger partial charge in [0, 0.05) is 13.1 Å². The van der Waals surface area contributed by atoms with Crippen LogP contribution in [0.1, 0.15) is 31.2 Å². The Labute approximate surface area is 134 Å². The average molecular weight is 355 g/mol. The first kappa shape index (κ1) is 16.3. The summed E-state index contributed by atoms with van der Waals surface area (Å²) in [5.74, 6) is 0.786. The molecule has 0 aliphatic carbocycles. The van der Waals surface area contributed by atoms with Crippen molar-refractivity contribution >= 4 is 21.8 Å². The summed E-state index contributed by atoms with van der Waals surface area (Å²) in [4.78, 5) is 14.1. The van der Waals surface area contributed by atoms with E-state index in [4.69, 9.17) is 10.5 Å². The van der Waals surface area contributed by atoms with Crippen molar-refractivity contribution in [1.29, 1.82) is 0 Å². The van der Waals surface area contributed by atoms with Gasteiger partial charge in [0.25, 0.3) is 5.91 Å². The number of nitrogens with two attached hydrogens (primary N) is 1. The van der Waals surface area contributed by atoms with Crippen LogP contribution in [0.4, 0.5) is 0 Å². The minimum atomic E-state index is 0.0786. The topological polar surface area (TPSA) is 55.6 Å². The Hall–Kier alpha value is -1.07. The number of nitrogens with zero attached hydrogens (tertiary/aromatic N) is 1. The van der Waals surface area contributed by atoms with Gasteiger partial charge in [-0.1, -0.05) is 18.9 Å². The second-order valence-electron chi connectivity index (χ2n) is 5.39. The zero-order valence-corrected chi connectivity index (χ0v) is 13.9. The molecule has 1 aromatic rings. The molecule has 2 rings (SSSR count). The van der Waals surface area contributed by atoms with E-state index < -0.39 is 0 Å². The molecule has 1 fully saturated rings. The maximum absolute atomic E-state index is 12.2. The molecule has 5 heteroatoms. The molecule has 4 nitrogen and oxygen atoms in total. The zero-order chi connectivity index (χ0) is 15.1. The van der Waals surface area contributed by atoms with Crippen LogP contribution >= 0.6 is 15.9 Å². The normalized spacial score (nSPS) is 15.6. The van der Waals surface area contributed by atoms with Crippen molar-refractivity contribution < 1.29 is 9.53 Å². The number of hydrogen-bond acceptors (Lipinski definition) is 3. The number of ether oxygens (including phenoxy) is 1. The molecule has 1 heterocycles. The van der Waals surface area contributed by atoms with Gasteiger partial charge in [-0.2, -0.15) is 0 Å². The summed E-state index contributed by atoms with van der Waals surface area (Å²) in [6, 6.07) is 5.88. The summed E-state index contributed by atoms with van der Waals surface area (Å²) in [5.41, 5.74) is 6.71. The second kappa shape index (κ2) is 8.39. The smallest absolute Gasteiger partial charge is 0.260 e. The third kappa shape index (κ3) is 5.00. The molecule has 2 N–H and O–H groups in total. The molecule has 0 aromatic heterocycles. The van der Waals surface area contributed by atoms with Crippen LogP contribution in [0.5, 0.6) is 5.75 Å². The Bertz CT molecular complexity index is 471. The van der Waals surface area contributed by atoms with Crippen LogP contribution in [0, 0.1) is 0 Å². The van der Waals surface area contributed by atoms with Gasteiger partial charge in [0.15, 0.2) is 6.61 Å². The van der Waals surface area contributed by atoms with E-state index in [1.54, 1.807) is 0 Å². The fourth-order valence-electron chi connectivity index (χ4n) is 2.53. The predicted octanol–water partition coefficient (Wildman–Crippen LogP) is 2.73. The number of rotatable bonds is 5. The lowest BCUT2D eigenvalue weighted by atomic mass is 10.1. The molecule has 0 saturated carbocycles. The van der Waals surface area contributed by atoms with Crippen molar-refractivity contribution in [3.05, 3.63) is 28.2 Å². The van der Waals surface area contributed by atoms with E-state index in [1.807, 2.05) is 23.1 Å². The number of benzene rings is 1. The summed E-state index contributed by atoms with van der Waals surface area (Å²) in [6.45, 7) is 2.45. The van der Waals surface area contributed by atoms with E-state index >= 15 is 0 Å². The van der Waals surface area contributed by atoms with Crippen molar-refractivity contribution in [2.75, 3.05) is 26.2 Å². The van der Waals surface area contributed by atoms with Crippen LogP contribution in [0.2, 0.25) is 0 Å². The number of likely N-dealkylation sites (tertiary alicyclic amines) is 1. The molecule has 1 amide bonds. The third-order valence-electron chi connectivity index (χ3n) is 3.74. The molecule has 1 aromatic carbocycles. The predicted molar refractivity (Wildman–Crippen MR) is 87.4 cm³/mol. The van der Waals surface area contributed by atoms with Gasteiger partial charge in [0.05, 0.1) is 4.47 Å². The Kier molecular flexibility index (Phi) is 6.51. The summed E-state index contributed by atoms with van der Waals surface area (Å²) in [6.07, 6.45) is 5.48. The summed E-state index contributed by atoms with van der Waals surface area (Å²) in [7, 11) is 0. The highest BCUT2D eigenvalue weighted by Crippen LogP contribution is 2.26. The fourth-order valence-corrected chi connectivity index (χ4v) is 3.08. The van der Waals surface area contributed by atoms with Gasteiger partial charge in [-0.3, -0.25) is 4.79 Å². The van der Waals surface area contributed by atoms with E-state index in [0.717, 1.165) is 42.4 Å². The molecule has 1 aliphatic heterocycles. The van der Waals surface area contributed by atoms with Crippen LogP contribution in [-0.2, 0) is 11.2 Å². The van der Waals surface area contributed by atoms with E-state index in [-0.39, 0.29) is 12.5 Å². The molecule has 1 saturated heterocycles. The Morgan fingerprint density at radius 1 is 1.24 bits per heavy atom. The quantitative estimate of drug-likeness (QED) is 0.884.